The Morgan fingerprint density at radius 3 is 2.57 bits per heavy atom. The van der Waals surface area contributed by atoms with Crippen molar-refractivity contribution in [2.75, 3.05) is 5.32 Å². The van der Waals surface area contributed by atoms with Gasteiger partial charge in [-0.15, -0.1) is 10.2 Å². The van der Waals surface area contributed by atoms with Crippen molar-refractivity contribution in [3.8, 4) is 0 Å². The Morgan fingerprint density at radius 1 is 1.10 bits per heavy atom. The predicted octanol–water partition coefficient (Wildman–Crippen LogP) is 2.61. The van der Waals surface area contributed by atoms with E-state index in [-0.39, 0.29) is 5.95 Å². The normalized spacial score (nSPS) is 10.5. The molecule has 0 saturated heterocycles. The van der Waals surface area contributed by atoms with Crippen LogP contribution in [0.1, 0.15) is 10.4 Å². The van der Waals surface area contributed by atoms with Gasteiger partial charge in [0.15, 0.2) is 0 Å². The van der Waals surface area contributed by atoms with Crippen molar-refractivity contribution in [1.82, 2.24) is 15.2 Å². The van der Waals surface area contributed by atoms with E-state index in [0.717, 1.165) is 6.07 Å². The standard InChI is InChI=1S/C14H9FN4O2/c15-10-7-8(5-6-9(10)13(20)21)16-14-17-11-3-1-2-4-12(11)18-19-14/h1-7H,(H,20,21)(H,16,17,19). The van der Waals surface area contributed by atoms with E-state index in [1.807, 2.05) is 12.1 Å². The summed E-state index contributed by atoms with van der Waals surface area (Å²) in [6, 6.07) is 10.9. The molecule has 104 valence electrons. The third-order valence-electron chi connectivity index (χ3n) is 2.82. The van der Waals surface area contributed by atoms with Gasteiger partial charge in [-0.2, -0.15) is 0 Å². The maximum Gasteiger partial charge on any atom is 0.338 e. The van der Waals surface area contributed by atoms with E-state index in [1.165, 1.54) is 12.1 Å². The molecule has 0 fully saturated rings. The molecule has 2 N–H and O–H groups in total. The summed E-state index contributed by atoms with van der Waals surface area (Å²) in [6.45, 7) is 0. The maximum absolute atomic E-state index is 13.6. The van der Waals surface area contributed by atoms with Crippen LogP contribution in [0, 0.1) is 5.82 Å². The fourth-order valence-electron chi connectivity index (χ4n) is 1.83. The minimum Gasteiger partial charge on any atom is -0.478 e. The zero-order valence-corrected chi connectivity index (χ0v) is 10.6. The van der Waals surface area contributed by atoms with E-state index in [9.17, 15) is 9.18 Å². The summed E-state index contributed by atoms with van der Waals surface area (Å²) >= 11 is 0. The third kappa shape index (κ3) is 2.62. The van der Waals surface area contributed by atoms with Gasteiger partial charge < -0.3 is 10.4 Å². The van der Waals surface area contributed by atoms with E-state index >= 15 is 0 Å². The molecule has 0 saturated carbocycles. The first-order chi connectivity index (χ1) is 10.1. The number of aromatic carboxylic acids is 1. The molecule has 1 heterocycles. The second-order valence-corrected chi connectivity index (χ2v) is 4.25. The second kappa shape index (κ2) is 5.12. The van der Waals surface area contributed by atoms with Gasteiger partial charge in [-0.25, -0.2) is 14.2 Å². The molecule has 0 amide bonds. The summed E-state index contributed by atoms with van der Waals surface area (Å²) in [5.41, 5.74) is 1.25. The van der Waals surface area contributed by atoms with Gasteiger partial charge in [-0.05, 0) is 30.3 Å². The molecule has 0 aliphatic carbocycles. The van der Waals surface area contributed by atoms with Gasteiger partial charge >= 0.3 is 5.97 Å². The topological polar surface area (TPSA) is 88.0 Å². The van der Waals surface area contributed by atoms with Gasteiger partial charge in [0.05, 0.1) is 11.1 Å². The Hall–Kier alpha value is -3.09. The SMILES string of the molecule is O=C(O)c1ccc(Nc2nnc3ccccc3n2)cc1F. The highest BCUT2D eigenvalue weighted by Gasteiger charge is 2.11. The first kappa shape index (κ1) is 12.9. The van der Waals surface area contributed by atoms with Crippen LogP contribution in [0.3, 0.4) is 0 Å². The van der Waals surface area contributed by atoms with Crippen molar-refractivity contribution in [2.24, 2.45) is 0 Å². The fourth-order valence-corrected chi connectivity index (χ4v) is 1.83. The van der Waals surface area contributed by atoms with Crippen molar-refractivity contribution in [1.29, 1.82) is 0 Å². The number of hydrogen-bond acceptors (Lipinski definition) is 5. The third-order valence-corrected chi connectivity index (χ3v) is 2.82. The van der Waals surface area contributed by atoms with Crippen molar-refractivity contribution >= 4 is 28.6 Å². The predicted molar refractivity (Wildman–Crippen MR) is 74.0 cm³/mol. The minimum atomic E-state index is -1.32. The molecule has 0 spiro atoms. The molecular formula is C14H9FN4O2. The number of nitrogens with zero attached hydrogens (tertiary/aromatic N) is 3. The number of carboxylic acids is 1. The largest absolute Gasteiger partial charge is 0.478 e. The number of para-hydroxylation sites is 1. The van der Waals surface area contributed by atoms with E-state index in [4.69, 9.17) is 5.11 Å². The molecule has 0 bridgehead atoms. The van der Waals surface area contributed by atoms with Gasteiger partial charge in [-0.1, -0.05) is 12.1 Å². The molecule has 7 heteroatoms. The Kier molecular flexibility index (Phi) is 3.15. The lowest BCUT2D eigenvalue weighted by atomic mass is 10.2. The second-order valence-electron chi connectivity index (χ2n) is 4.25. The van der Waals surface area contributed by atoms with Gasteiger partial charge in [0.25, 0.3) is 0 Å². The lowest BCUT2D eigenvalue weighted by Gasteiger charge is -2.06. The molecule has 2 aromatic carbocycles. The quantitative estimate of drug-likeness (QED) is 0.768. The monoisotopic (exact) mass is 284 g/mol. The highest BCUT2D eigenvalue weighted by atomic mass is 19.1. The molecule has 1 aromatic heterocycles. The van der Waals surface area contributed by atoms with E-state index < -0.39 is 17.3 Å². The smallest absolute Gasteiger partial charge is 0.338 e. The van der Waals surface area contributed by atoms with Crippen LogP contribution in [0.5, 0.6) is 0 Å². The van der Waals surface area contributed by atoms with E-state index in [1.54, 1.807) is 12.1 Å². The molecule has 0 aliphatic heterocycles. The van der Waals surface area contributed by atoms with E-state index in [0.29, 0.717) is 16.7 Å². The number of hydrogen-bond donors (Lipinski definition) is 2. The summed E-state index contributed by atoms with van der Waals surface area (Å²) in [7, 11) is 0. The van der Waals surface area contributed by atoms with Crippen LogP contribution in [-0.4, -0.2) is 26.3 Å². The van der Waals surface area contributed by atoms with Crippen LogP contribution < -0.4 is 5.32 Å². The van der Waals surface area contributed by atoms with Crippen LogP contribution in [0.15, 0.2) is 42.5 Å². The van der Waals surface area contributed by atoms with Gasteiger partial charge in [0.2, 0.25) is 5.95 Å². The Balaban J connectivity index is 1.91. The van der Waals surface area contributed by atoms with Crippen LogP contribution in [0.25, 0.3) is 11.0 Å². The van der Waals surface area contributed by atoms with Crippen molar-refractivity contribution < 1.29 is 14.3 Å². The van der Waals surface area contributed by atoms with Gasteiger partial charge in [0, 0.05) is 5.69 Å². The Morgan fingerprint density at radius 2 is 1.86 bits per heavy atom. The summed E-state index contributed by atoms with van der Waals surface area (Å²) in [6.07, 6.45) is 0. The number of fused-ring (bicyclic) bond motifs is 1. The Bertz CT molecular complexity index is 838. The number of anilines is 2. The lowest BCUT2D eigenvalue weighted by molar-refractivity contribution is 0.0692. The zero-order chi connectivity index (χ0) is 14.8. The number of aromatic nitrogens is 3. The molecule has 3 aromatic rings. The molecule has 0 aliphatic rings. The molecular weight excluding hydrogens is 275 g/mol. The highest BCUT2D eigenvalue weighted by molar-refractivity contribution is 5.88. The van der Waals surface area contributed by atoms with Crippen molar-refractivity contribution in [3.05, 3.63) is 53.8 Å². The van der Waals surface area contributed by atoms with Gasteiger partial charge in [0.1, 0.15) is 11.3 Å². The van der Waals surface area contributed by atoms with Crippen LogP contribution in [0.4, 0.5) is 16.0 Å². The zero-order valence-electron chi connectivity index (χ0n) is 10.6. The summed E-state index contributed by atoms with van der Waals surface area (Å²) in [5.74, 6) is -1.94. The maximum atomic E-state index is 13.6. The van der Waals surface area contributed by atoms with Crippen LogP contribution in [-0.2, 0) is 0 Å². The lowest BCUT2D eigenvalue weighted by Crippen LogP contribution is -2.03. The molecule has 3 rings (SSSR count). The molecule has 6 nitrogen and oxygen atoms in total. The number of rotatable bonds is 3. The minimum absolute atomic E-state index is 0.205. The number of halogens is 1. The Labute approximate surface area is 118 Å². The number of nitrogens with one attached hydrogen (secondary N) is 1. The van der Waals surface area contributed by atoms with Crippen molar-refractivity contribution in [3.63, 3.8) is 0 Å². The highest BCUT2D eigenvalue weighted by Crippen LogP contribution is 2.18. The molecule has 0 unspecified atom stereocenters. The van der Waals surface area contributed by atoms with Crippen molar-refractivity contribution in [2.45, 2.75) is 0 Å². The van der Waals surface area contributed by atoms with Crippen LogP contribution >= 0.6 is 0 Å². The average Bonchev–Trinajstić information content (AvgIpc) is 2.47. The summed E-state index contributed by atoms with van der Waals surface area (Å²) < 4.78 is 13.6. The molecule has 0 atom stereocenters. The number of benzene rings is 2. The molecule has 21 heavy (non-hydrogen) atoms. The van der Waals surface area contributed by atoms with E-state index in [2.05, 4.69) is 20.5 Å². The number of carbonyl (C=O) groups is 1. The van der Waals surface area contributed by atoms with Crippen LogP contribution in [0.2, 0.25) is 0 Å². The summed E-state index contributed by atoms with van der Waals surface area (Å²) in [5, 5.41) is 19.4. The average molecular weight is 284 g/mol. The summed E-state index contributed by atoms with van der Waals surface area (Å²) in [4.78, 5) is 15.0. The molecule has 0 radical (unpaired) electrons. The number of carboxylic acid groups (broad SMARTS) is 1. The van der Waals surface area contributed by atoms with Gasteiger partial charge in [-0.3, -0.25) is 0 Å². The first-order valence-electron chi connectivity index (χ1n) is 6.03. The first-order valence-corrected chi connectivity index (χ1v) is 6.03. The fraction of sp³-hybridized carbons (Fsp3) is 0.